The van der Waals surface area contributed by atoms with Crippen molar-refractivity contribution in [2.75, 3.05) is 30.3 Å². The highest BCUT2D eigenvalue weighted by Gasteiger charge is 2.25. The molecule has 6 heteroatoms. The molecule has 0 saturated heterocycles. The Hall–Kier alpha value is -1.27. The molecule has 2 rings (SSSR count). The molecule has 1 aromatic rings. The first-order chi connectivity index (χ1) is 8.02. The summed E-state index contributed by atoms with van der Waals surface area (Å²) in [6.45, 7) is 1.28. The molecule has 17 heavy (non-hydrogen) atoms. The van der Waals surface area contributed by atoms with Crippen LogP contribution in [0.4, 0.5) is 5.69 Å². The zero-order valence-electron chi connectivity index (χ0n) is 9.72. The van der Waals surface area contributed by atoms with Crippen LogP contribution in [0.1, 0.15) is 5.56 Å². The zero-order valence-corrected chi connectivity index (χ0v) is 10.5. The third kappa shape index (κ3) is 2.53. The Morgan fingerprint density at radius 2 is 2.24 bits per heavy atom. The van der Waals surface area contributed by atoms with E-state index in [4.69, 9.17) is 10.5 Å². The fourth-order valence-corrected chi connectivity index (χ4v) is 2.81. The van der Waals surface area contributed by atoms with E-state index in [1.165, 1.54) is 10.6 Å². The van der Waals surface area contributed by atoms with Crippen molar-refractivity contribution >= 4 is 15.7 Å². The first kappa shape index (κ1) is 12.2. The van der Waals surface area contributed by atoms with Crippen LogP contribution in [-0.4, -0.2) is 34.4 Å². The van der Waals surface area contributed by atoms with Crippen LogP contribution in [0.5, 0.6) is 5.75 Å². The highest BCUT2D eigenvalue weighted by molar-refractivity contribution is 7.92. The second kappa shape index (κ2) is 4.54. The van der Waals surface area contributed by atoms with Crippen LogP contribution in [0.15, 0.2) is 18.2 Å². The predicted molar refractivity (Wildman–Crippen MR) is 66.9 cm³/mol. The summed E-state index contributed by atoms with van der Waals surface area (Å²) in [6.07, 6.45) is 1.93. The predicted octanol–water partition coefficient (Wildman–Crippen LogP) is 0.346. The molecule has 0 radical (unpaired) electrons. The summed E-state index contributed by atoms with van der Waals surface area (Å²) in [7, 11) is -3.25. The lowest BCUT2D eigenvalue weighted by Crippen LogP contribution is -2.37. The monoisotopic (exact) mass is 256 g/mol. The van der Waals surface area contributed by atoms with Gasteiger partial charge < -0.3 is 10.5 Å². The van der Waals surface area contributed by atoms with Crippen LogP contribution in [0.2, 0.25) is 0 Å². The number of benzene rings is 1. The second-order valence-corrected chi connectivity index (χ2v) is 5.93. The molecule has 0 aliphatic carbocycles. The summed E-state index contributed by atoms with van der Waals surface area (Å²) in [5.74, 6) is 0.613. The molecule has 0 atom stereocenters. The maximum Gasteiger partial charge on any atom is 0.232 e. The number of rotatable bonds is 3. The minimum atomic E-state index is -3.25. The van der Waals surface area contributed by atoms with E-state index >= 15 is 0 Å². The van der Waals surface area contributed by atoms with Crippen LogP contribution in [0.3, 0.4) is 0 Å². The molecule has 0 amide bonds. The van der Waals surface area contributed by atoms with E-state index in [0.717, 1.165) is 12.0 Å². The molecular formula is C11H16N2O3S. The van der Waals surface area contributed by atoms with Gasteiger partial charge in [-0.05, 0) is 30.7 Å². The molecule has 0 bridgehead atoms. The lowest BCUT2D eigenvalue weighted by atomic mass is 10.1. The van der Waals surface area contributed by atoms with Crippen molar-refractivity contribution in [3.63, 3.8) is 0 Å². The van der Waals surface area contributed by atoms with Crippen molar-refractivity contribution in [3.8, 4) is 5.75 Å². The third-order valence-electron chi connectivity index (χ3n) is 2.68. The highest BCUT2D eigenvalue weighted by Crippen LogP contribution is 2.33. The van der Waals surface area contributed by atoms with Crippen LogP contribution in [0.25, 0.3) is 0 Å². The Labute approximate surface area is 101 Å². The van der Waals surface area contributed by atoms with Crippen molar-refractivity contribution in [1.29, 1.82) is 0 Å². The maximum absolute atomic E-state index is 11.7. The zero-order chi connectivity index (χ0) is 12.5. The fraction of sp³-hybridized carbons (Fsp3) is 0.455. The van der Waals surface area contributed by atoms with E-state index in [-0.39, 0.29) is 0 Å². The van der Waals surface area contributed by atoms with Crippen LogP contribution in [0, 0.1) is 0 Å². The number of nitrogens with zero attached hydrogens (tertiary/aromatic N) is 1. The smallest absolute Gasteiger partial charge is 0.232 e. The topological polar surface area (TPSA) is 72.6 Å². The van der Waals surface area contributed by atoms with E-state index in [9.17, 15) is 8.42 Å². The van der Waals surface area contributed by atoms with E-state index in [1.54, 1.807) is 6.07 Å². The number of ether oxygens (including phenoxy) is 1. The van der Waals surface area contributed by atoms with Gasteiger partial charge in [0.15, 0.2) is 0 Å². The standard InChI is InChI=1S/C11H16N2O3S/c1-17(14,15)13-6-7-16-11-3-2-9(4-5-12)8-10(11)13/h2-3,8H,4-7,12H2,1H3. The number of anilines is 1. The van der Waals surface area contributed by atoms with Gasteiger partial charge in [0.25, 0.3) is 0 Å². The molecule has 2 N–H and O–H groups in total. The quantitative estimate of drug-likeness (QED) is 0.846. The van der Waals surface area contributed by atoms with Crippen molar-refractivity contribution < 1.29 is 13.2 Å². The van der Waals surface area contributed by atoms with Gasteiger partial charge in [0.05, 0.1) is 18.5 Å². The molecule has 0 spiro atoms. The molecule has 1 aliphatic rings. The highest BCUT2D eigenvalue weighted by atomic mass is 32.2. The Morgan fingerprint density at radius 1 is 1.47 bits per heavy atom. The minimum absolute atomic E-state index is 0.359. The summed E-state index contributed by atoms with van der Waals surface area (Å²) in [6, 6.07) is 5.55. The van der Waals surface area contributed by atoms with Crippen LogP contribution < -0.4 is 14.8 Å². The Bertz CT molecular complexity index is 513. The van der Waals surface area contributed by atoms with Gasteiger partial charge in [-0.2, -0.15) is 0 Å². The van der Waals surface area contributed by atoms with E-state index in [2.05, 4.69) is 0 Å². The van der Waals surface area contributed by atoms with Crippen LogP contribution in [-0.2, 0) is 16.4 Å². The lowest BCUT2D eigenvalue weighted by Gasteiger charge is -2.29. The Balaban J connectivity index is 2.44. The molecule has 0 saturated carbocycles. The van der Waals surface area contributed by atoms with Crippen molar-refractivity contribution in [2.45, 2.75) is 6.42 Å². The first-order valence-electron chi connectivity index (χ1n) is 5.46. The van der Waals surface area contributed by atoms with Gasteiger partial charge in [-0.3, -0.25) is 4.31 Å². The molecule has 5 nitrogen and oxygen atoms in total. The largest absolute Gasteiger partial charge is 0.489 e. The van der Waals surface area contributed by atoms with E-state index in [1.807, 2.05) is 12.1 Å². The molecule has 0 aromatic heterocycles. The average molecular weight is 256 g/mol. The lowest BCUT2D eigenvalue weighted by molar-refractivity contribution is 0.316. The van der Waals surface area contributed by atoms with Gasteiger partial charge in [-0.1, -0.05) is 6.07 Å². The summed E-state index contributed by atoms with van der Waals surface area (Å²) in [5.41, 5.74) is 7.13. The van der Waals surface area contributed by atoms with E-state index < -0.39 is 10.0 Å². The van der Waals surface area contributed by atoms with Gasteiger partial charge in [-0.25, -0.2) is 8.42 Å². The third-order valence-corrected chi connectivity index (χ3v) is 3.86. The summed E-state index contributed by atoms with van der Waals surface area (Å²) < 4.78 is 30.2. The van der Waals surface area contributed by atoms with Gasteiger partial charge in [0.1, 0.15) is 12.4 Å². The SMILES string of the molecule is CS(=O)(=O)N1CCOc2ccc(CCN)cc21. The number of nitrogens with two attached hydrogens (primary N) is 1. The molecule has 1 aliphatic heterocycles. The maximum atomic E-state index is 11.7. The average Bonchev–Trinajstić information content (AvgIpc) is 2.27. The van der Waals surface area contributed by atoms with Crippen LogP contribution >= 0.6 is 0 Å². The molecule has 0 fully saturated rings. The second-order valence-electron chi connectivity index (χ2n) is 4.02. The van der Waals surface area contributed by atoms with Gasteiger partial charge >= 0.3 is 0 Å². The van der Waals surface area contributed by atoms with Crippen molar-refractivity contribution in [3.05, 3.63) is 23.8 Å². The van der Waals surface area contributed by atoms with E-state index in [0.29, 0.717) is 31.1 Å². The number of sulfonamides is 1. The first-order valence-corrected chi connectivity index (χ1v) is 7.30. The summed E-state index contributed by atoms with van der Waals surface area (Å²) in [5, 5.41) is 0. The van der Waals surface area contributed by atoms with Crippen molar-refractivity contribution in [2.24, 2.45) is 5.73 Å². The minimum Gasteiger partial charge on any atom is -0.489 e. The number of hydrogen-bond donors (Lipinski definition) is 1. The Morgan fingerprint density at radius 3 is 2.88 bits per heavy atom. The Kier molecular flexibility index (Phi) is 3.26. The normalized spacial score (nSPS) is 15.3. The number of fused-ring (bicyclic) bond motifs is 1. The summed E-state index contributed by atoms with van der Waals surface area (Å²) >= 11 is 0. The summed E-state index contributed by atoms with van der Waals surface area (Å²) in [4.78, 5) is 0. The van der Waals surface area contributed by atoms with Gasteiger partial charge in [0.2, 0.25) is 10.0 Å². The van der Waals surface area contributed by atoms with Gasteiger partial charge in [-0.15, -0.1) is 0 Å². The fourth-order valence-electron chi connectivity index (χ4n) is 1.91. The number of hydrogen-bond acceptors (Lipinski definition) is 4. The van der Waals surface area contributed by atoms with Crippen molar-refractivity contribution in [1.82, 2.24) is 0 Å². The molecule has 1 heterocycles. The molecule has 1 aromatic carbocycles. The van der Waals surface area contributed by atoms with Gasteiger partial charge in [0, 0.05) is 0 Å². The molecular weight excluding hydrogens is 240 g/mol. The molecule has 0 unspecified atom stereocenters. The molecule has 94 valence electrons.